The number of hydrogen-bond donors (Lipinski definition) is 3. The van der Waals surface area contributed by atoms with Crippen LogP contribution in [0.5, 0.6) is 0 Å². The lowest BCUT2D eigenvalue weighted by atomic mass is 10.2. The predicted octanol–water partition coefficient (Wildman–Crippen LogP) is 4.28. The Morgan fingerprint density at radius 2 is 1.55 bits per heavy atom. The molecule has 1 aliphatic rings. The van der Waals surface area contributed by atoms with Gasteiger partial charge in [0.15, 0.2) is 5.82 Å². The third kappa shape index (κ3) is 5.39. The van der Waals surface area contributed by atoms with Crippen LogP contribution in [0.1, 0.15) is 15.9 Å². The van der Waals surface area contributed by atoms with Gasteiger partial charge < -0.3 is 25.4 Å². The standard InChI is InChI=1S/C23H22ClN5O4/c1-14-19(24)27-20(28-21(14)29-10-12-33-13-11-29)15-2-6-17(7-3-15)25-23(32)26-18-8-4-16(5-9-18)22(30)31/h2-9H,10-13H2,1H3,(H,30,31)(H2,25,26,32). The van der Waals surface area contributed by atoms with E-state index < -0.39 is 12.0 Å². The minimum absolute atomic E-state index is 0.145. The highest BCUT2D eigenvalue weighted by Gasteiger charge is 2.19. The Hall–Kier alpha value is -3.69. The second-order valence-corrected chi connectivity index (χ2v) is 7.78. The van der Waals surface area contributed by atoms with Gasteiger partial charge in [-0.1, -0.05) is 11.6 Å². The van der Waals surface area contributed by atoms with E-state index >= 15 is 0 Å². The van der Waals surface area contributed by atoms with Crippen molar-refractivity contribution in [3.8, 4) is 11.4 Å². The van der Waals surface area contributed by atoms with Crippen LogP contribution < -0.4 is 15.5 Å². The van der Waals surface area contributed by atoms with Crippen LogP contribution in [-0.4, -0.2) is 53.4 Å². The number of halogens is 1. The minimum atomic E-state index is -1.03. The van der Waals surface area contributed by atoms with Gasteiger partial charge in [-0.05, 0) is 55.5 Å². The molecule has 0 saturated carbocycles. The van der Waals surface area contributed by atoms with Crippen molar-refractivity contribution in [2.75, 3.05) is 41.8 Å². The molecule has 3 N–H and O–H groups in total. The fourth-order valence-corrected chi connectivity index (χ4v) is 3.55. The Morgan fingerprint density at radius 1 is 0.970 bits per heavy atom. The van der Waals surface area contributed by atoms with Crippen molar-refractivity contribution >= 4 is 40.8 Å². The number of amides is 2. The largest absolute Gasteiger partial charge is 0.478 e. The Morgan fingerprint density at radius 3 is 2.12 bits per heavy atom. The van der Waals surface area contributed by atoms with E-state index in [0.29, 0.717) is 35.6 Å². The summed E-state index contributed by atoms with van der Waals surface area (Å²) >= 11 is 6.39. The molecule has 0 aliphatic carbocycles. The quantitative estimate of drug-likeness (QED) is 0.479. The summed E-state index contributed by atoms with van der Waals surface area (Å²) in [7, 11) is 0. The number of aromatic nitrogens is 2. The van der Waals surface area contributed by atoms with Gasteiger partial charge in [0.2, 0.25) is 0 Å². The van der Waals surface area contributed by atoms with Crippen molar-refractivity contribution in [1.82, 2.24) is 9.97 Å². The van der Waals surface area contributed by atoms with Crippen molar-refractivity contribution in [3.05, 3.63) is 64.8 Å². The van der Waals surface area contributed by atoms with E-state index in [0.717, 1.165) is 30.0 Å². The number of urea groups is 1. The van der Waals surface area contributed by atoms with Crippen LogP contribution in [0.3, 0.4) is 0 Å². The van der Waals surface area contributed by atoms with Gasteiger partial charge in [0.1, 0.15) is 11.0 Å². The van der Waals surface area contributed by atoms with Gasteiger partial charge in [0, 0.05) is 35.6 Å². The molecule has 0 atom stereocenters. The van der Waals surface area contributed by atoms with Crippen molar-refractivity contribution in [3.63, 3.8) is 0 Å². The van der Waals surface area contributed by atoms with Crippen LogP contribution in [0.15, 0.2) is 48.5 Å². The molecule has 1 fully saturated rings. The summed E-state index contributed by atoms with van der Waals surface area (Å²) in [6.45, 7) is 4.66. The topological polar surface area (TPSA) is 117 Å². The minimum Gasteiger partial charge on any atom is -0.478 e. The fourth-order valence-electron chi connectivity index (χ4n) is 3.38. The first-order valence-electron chi connectivity index (χ1n) is 10.3. The zero-order valence-electron chi connectivity index (χ0n) is 17.8. The summed E-state index contributed by atoms with van der Waals surface area (Å²) in [5.74, 6) is 0.271. The van der Waals surface area contributed by atoms with Crippen LogP contribution in [-0.2, 0) is 4.74 Å². The number of carbonyl (C=O) groups excluding carboxylic acids is 1. The molecule has 3 aromatic rings. The predicted molar refractivity (Wildman–Crippen MR) is 126 cm³/mol. The number of aromatic carboxylic acids is 1. The molecule has 1 aromatic heterocycles. The number of carboxylic acid groups (broad SMARTS) is 1. The molecule has 170 valence electrons. The molecule has 1 aliphatic heterocycles. The van der Waals surface area contributed by atoms with Crippen molar-refractivity contribution < 1.29 is 19.4 Å². The number of ether oxygens (including phenoxy) is 1. The number of morpholine rings is 1. The number of anilines is 3. The lowest BCUT2D eigenvalue weighted by molar-refractivity contribution is 0.0697. The summed E-state index contributed by atoms with van der Waals surface area (Å²) in [4.78, 5) is 34.5. The maximum atomic E-state index is 12.3. The van der Waals surface area contributed by atoms with Crippen molar-refractivity contribution in [2.45, 2.75) is 6.92 Å². The molecule has 2 heterocycles. The molecular weight excluding hydrogens is 446 g/mol. The smallest absolute Gasteiger partial charge is 0.335 e. The van der Waals surface area contributed by atoms with E-state index in [9.17, 15) is 9.59 Å². The average molecular weight is 468 g/mol. The molecule has 10 heteroatoms. The van der Waals surface area contributed by atoms with E-state index in [4.69, 9.17) is 26.4 Å². The highest BCUT2D eigenvalue weighted by Crippen LogP contribution is 2.28. The lowest BCUT2D eigenvalue weighted by Gasteiger charge is -2.29. The van der Waals surface area contributed by atoms with E-state index in [1.165, 1.54) is 24.3 Å². The van der Waals surface area contributed by atoms with E-state index in [1.54, 1.807) is 24.3 Å². The van der Waals surface area contributed by atoms with Crippen LogP contribution in [0.4, 0.5) is 22.0 Å². The Kier molecular flexibility index (Phi) is 6.71. The lowest BCUT2D eigenvalue weighted by Crippen LogP contribution is -2.37. The second-order valence-electron chi connectivity index (χ2n) is 7.43. The van der Waals surface area contributed by atoms with Crippen molar-refractivity contribution in [2.24, 2.45) is 0 Å². The molecule has 33 heavy (non-hydrogen) atoms. The molecule has 4 rings (SSSR count). The maximum Gasteiger partial charge on any atom is 0.335 e. The fraction of sp³-hybridized carbons (Fsp3) is 0.217. The summed E-state index contributed by atoms with van der Waals surface area (Å²) in [5.41, 5.74) is 2.79. The number of rotatable bonds is 5. The second kappa shape index (κ2) is 9.85. The SMILES string of the molecule is Cc1c(Cl)nc(-c2ccc(NC(=O)Nc3ccc(C(=O)O)cc3)cc2)nc1N1CCOCC1. The van der Waals surface area contributed by atoms with Gasteiger partial charge in [0.25, 0.3) is 0 Å². The van der Waals surface area contributed by atoms with E-state index in [-0.39, 0.29) is 5.56 Å². The monoisotopic (exact) mass is 467 g/mol. The van der Waals surface area contributed by atoms with Crippen LogP contribution in [0, 0.1) is 6.92 Å². The molecule has 0 unspecified atom stereocenters. The number of hydrogen-bond acceptors (Lipinski definition) is 6. The third-order valence-corrected chi connectivity index (χ3v) is 5.53. The van der Waals surface area contributed by atoms with Gasteiger partial charge in [-0.2, -0.15) is 0 Å². The highest BCUT2D eigenvalue weighted by molar-refractivity contribution is 6.30. The number of nitrogens with one attached hydrogen (secondary N) is 2. The average Bonchev–Trinajstić information content (AvgIpc) is 2.82. The van der Waals surface area contributed by atoms with Crippen LogP contribution >= 0.6 is 11.6 Å². The molecule has 0 radical (unpaired) electrons. The molecule has 0 bridgehead atoms. The van der Waals surface area contributed by atoms with Gasteiger partial charge in [-0.25, -0.2) is 19.6 Å². The molecule has 1 saturated heterocycles. The van der Waals surface area contributed by atoms with Gasteiger partial charge in [0.05, 0.1) is 18.8 Å². The van der Waals surface area contributed by atoms with E-state index in [2.05, 4.69) is 20.5 Å². The molecule has 9 nitrogen and oxygen atoms in total. The Bertz CT molecular complexity index is 1160. The molecular formula is C23H22ClN5O4. The number of nitrogens with zero attached hydrogens (tertiary/aromatic N) is 3. The number of carboxylic acids is 1. The Labute approximate surface area is 195 Å². The normalized spacial score (nSPS) is 13.5. The summed E-state index contributed by atoms with van der Waals surface area (Å²) in [5, 5.41) is 14.7. The first-order chi connectivity index (χ1) is 15.9. The van der Waals surface area contributed by atoms with Crippen molar-refractivity contribution in [1.29, 1.82) is 0 Å². The zero-order valence-corrected chi connectivity index (χ0v) is 18.6. The van der Waals surface area contributed by atoms with Crippen LogP contribution in [0.2, 0.25) is 5.15 Å². The number of benzene rings is 2. The van der Waals surface area contributed by atoms with Gasteiger partial charge in [-0.15, -0.1) is 0 Å². The Balaban J connectivity index is 1.45. The highest BCUT2D eigenvalue weighted by atomic mass is 35.5. The summed E-state index contributed by atoms with van der Waals surface area (Å²) in [6, 6.07) is 12.5. The molecule has 0 spiro atoms. The summed E-state index contributed by atoms with van der Waals surface area (Å²) in [6.07, 6.45) is 0. The number of carbonyl (C=O) groups is 2. The zero-order chi connectivity index (χ0) is 23.4. The third-order valence-electron chi connectivity index (χ3n) is 5.16. The molecule has 2 aromatic carbocycles. The first-order valence-corrected chi connectivity index (χ1v) is 10.7. The summed E-state index contributed by atoms with van der Waals surface area (Å²) < 4.78 is 5.42. The van der Waals surface area contributed by atoms with Gasteiger partial charge >= 0.3 is 12.0 Å². The van der Waals surface area contributed by atoms with Crippen LogP contribution in [0.25, 0.3) is 11.4 Å². The van der Waals surface area contributed by atoms with Gasteiger partial charge in [-0.3, -0.25) is 0 Å². The first kappa shape index (κ1) is 22.5. The molecule has 2 amide bonds. The maximum absolute atomic E-state index is 12.3. The van der Waals surface area contributed by atoms with E-state index in [1.807, 2.05) is 6.92 Å².